The SMILES string of the molecule is COCc1ncsc1C(=O)N1CCCCC1C(=O)OC(C)(C)C. The Morgan fingerprint density at radius 2 is 2.13 bits per heavy atom. The van der Waals surface area contributed by atoms with Crippen molar-refractivity contribution < 1.29 is 19.1 Å². The number of aromatic nitrogens is 1. The molecule has 0 N–H and O–H groups in total. The average molecular weight is 340 g/mol. The summed E-state index contributed by atoms with van der Waals surface area (Å²) < 4.78 is 10.6. The highest BCUT2D eigenvalue weighted by atomic mass is 32.1. The first-order valence-electron chi connectivity index (χ1n) is 7.78. The zero-order chi connectivity index (χ0) is 17.0. The second-order valence-corrected chi connectivity index (χ2v) is 7.46. The average Bonchev–Trinajstić information content (AvgIpc) is 2.93. The molecule has 1 saturated heterocycles. The zero-order valence-electron chi connectivity index (χ0n) is 14.1. The number of esters is 1. The van der Waals surface area contributed by atoms with Gasteiger partial charge in [0.25, 0.3) is 5.91 Å². The molecule has 1 aliphatic rings. The number of piperidine rings is 1. The molecule has 0 aliphatic carbocycles. The smallest absolute Gasteiger partial charge is 0.329 e. The summed E-state index contributed by atoms with van der Waals surface area (Å²) in [6.07, 6.45) is 2.45. The minimum absolute atomic E-state index is 0.157. The van der Waals surface area contributed by atoms with Crippen molar-refractivity contribution in [2.45, 2.75) is 58.3 Å². The number of methoxy groups -OCH3 is 1. The summed E-state index contributed by atoms with van der Waals surface area (Å²) in [4.78, 5) is 31.7. The first-order chi connectivity index (χ1) is 10.8. The Labute approximate surface area is 140 Å². The molecule has 0 spiro atoms. The van der Waals surface area contributed by atoms with Crippen LogP contribution in [0.15, 0.2) is 5.51 Å². The minimum Gasteiger partial charge on any atom is -0.458 e. The molecule has 1 fully saturated rings. The summed E-state index contributed by atoms with van der Waals surface area (Å²) in [6, 6.07) is -0.520. The predicted molar refractivity (Wildman–Crippen MR) is 87.3 cm³/mol. The molecule has 1 aromatic heterocycles. The quantitative estimate of drug-likeness (QED) is 0.788. The van der Waals surface area contributed by atoms with Crippen molar-refractivity contribution in [3.63, 3.8) is 0 Å². The summed E-state index contributed by atoms with van der Waals surface area (Å²) in [5.74, 6) is -0.488. The van der Waals surface area contributed by atoms with Crippen LogP contribution in [-0.2, 0) is 20.9 Å². The number of ether oxygens (including phenoxy) is 2. The summed E-state index contributed by atoms with van der Waals surface area (Å²) in [6.45, 7) is 6.35. The number of carbonyl (C=O) groups excluding carboxylic acids is 2. The van der Waals surface area contributed by atoms with Gasteiger partial charge in [0.2, 0.25) is 0 Å². The molecule has 0 bridgehead atoms. The second-order valence-electron chi connectivity index (χ2n) is 6.60. The highest BCUT2D eigenvalue weighted by Gasteiger charge is 2.36. The van der Waals surface area contributed by atoms with Gasteiger partial charge in [-0.1, -0.05) is 0 Å². The molecular formula is C16H24N2O4S. The van der Waals surface area contributed by atoms with E-state index >= 15 is 0 Å². The van der Waals surface area contributed by atoms with Crippen LogP contribution < -0.4 is 0 Å². The molecule has 0 aromatic carbocycles. The Balaban J connectivity index is 2.18. The summed E-state index contributed by atoms with van der Waals surface area (Å²) in [7, 11) is 1.57. The number of amides is 1. The van der Waals surface area contributed by atoms with Crippen LogP contribution in [0.4, 0.5) is 0 Å². The van der Waals surface area contributed by atoms with Crippen LogP contribution in [0.5, 0.6) is 0 Å². The number of hydrogen-bond acceptors (Lipinski definition) is 6. The van der Waals surface area contributed by atoms with Gasteiger partial charge in [0.1, 0.15) is 16.5 Å². The fraction of sp³-hybridized carbons (Fsp3) is 0.688. The molecule has 6 nitrogen and oxygen atoms in total. The molecule has 7 heteroatoms. The molecule has 1 atom stereocenters. The van der Waals surface area contributed by atoms with Gasteiger partial charge in [-0.05, 0) is 40.0 Å². The lowest BCUT2D eigenvalue weighted by atomic mass is 10.0. The molecule has 1 aromatic rings. The molecule has 2 heterocycles. The molecule has 0 radical (unpaired) electrons. The number of nitrogens with zero attached hydrogens (tertiary/aromatic N) is 2. The van der Waals surface area contributed by atoms with Crippen molar-refractivity contribution in [1.29, 1.82) is 0 Å². The standard InChI is InChI=1S/C16H24N2O4S/c1-16(2,3)22-15(20)12-7-5-6-8-18(12)14(19)13-11(9-21-4)17-10-23-13/h10,12H,5-9H2,1-4H3. The molecule has 0 saturated carbocycles. The molecule has 128 valence electrons. The Bertz CT molecular complexity index is 565. The lowest BCUT2D eigenvalue weighted by Crippen LogP contribution is -2.50. The topological polar surface area (TPSA) is 68.7 Å². The normalized spacial score (nSPS) is 18.8. The summed E-state index contributed by atoms with van der Waals surface area (Å²) >= 11 is 1.28. The van der Waals surface area contributed by atoms with E-state index in [1.165, 1.54) is 11.3 Å². The first-order valence-corrected chi connectivity index (χ1v) is 8.66. The van der Waals surface area contributed by atoms with Crippen LogP contribution in [-0.4, -0.2) is 47.1 Å². The van der Waals surface area contributed by atoms with Gasteiger partial charge in [-0.15, -0.1) is 11.3 Å². The third-order valence-corrected chi connectivity index (χ3v) is 4.42. The molecule has 1 unspecified atom stereocenters. The van der Waals surface area contributed by atoms with E-state index in [0.29, 0.717) is 23.5 Å². The Morgan fingerprint density at radius 3 is 2.78 bits per heavy atom. The van der Waals surface area contributed by atoms with E-state index in [4.69, 9.17) is 9.47 Å². The van der Waals surface area contributed by atoms with E-state index < -0.39 is 11.6 Å². The number of carbonyl (C=O) groups is 2. The van der Waals surface area contributed by atoms with Crippen molar-refractivity contribution in [3.05, 3.63) is 16.1 Å². The monoisotopic (exact) mass is 340 g/mol. The third-order valence-electron chi connectivity index (χ3n) is 3.56. The van der Waals surface area contributed by atoms with Gasteiger partial charge in [-0.25, -0.2) is 9.78 Å². The van der Waals surface area contributed by atoms with Crippen molar-refractivity contribution in [1.82, 2.24) is 9.88 Å². The number of likely N-dealkylation sites (tertiary alicyclic amines) is 1. The van der Waals surface area contributed by atoms with Crippen LogP contribution in [0.3, 0.4) is 0 Å². The molecular weight excluding hydrogens is 316 g/mol. The zero-order valence-corrected chi connectivity index (χ0v) is 14.9. The van der Waals surface area contributed by atoms with Crippen LogP contribution in [0.1, 0.15) is 55.4 Å². The molecule has 2 rings (SSSR count). The van der Waals surface area contributed by atoms with Crippen LogP contribution in [0, 0.1) is 0 Å². The highest BCUT2D eigenvalue weighted by molar-refractivity contribution is 7.11. The van der Waals surface area contributed by atoms with E-state index in [1.54, 1.807) is 17.5 Å². The van der Waals surface area contributed by atoms with E-state index in [9.17, 15) is 9.59 Å². The first kappa shape index (κ1) is 17.9. The van der Waals surface area contributed by atoms with E-state index in [1.807, 2.05) is 20.8 Å². The van der Waals surface area contributed by atoms with Crippen molar-refractivity contribution in [2.75, 3.05) is 13.7 Å². The van der Waals surface area contributed by atoms with Gasteiger partial charge < -0.3 is 14.4 Å². The predicted octanol–water partition coefficient (Wildman–Crippen LogP) is 2.63. The summed E-state index contributed by atoms with van der Waals surface area (Å²) in [5, 5.41) is 0. The van der Waals surface area contributed by atoms with Gasteiger partial charge in [0, 0.05) is 13.7 Å². The van der Waals surface area contributed by atoms with E-state index in [-0.39, 0.29) is 18.5 Å². The lowest BCUT2D eigenvalue weighted by molar-refractivity contribution is -0.161. The summed E-state index contributed by atoms with van der Waals surface area (Å²) in [5.41, 5.74) is 1.69. The second kappa shape index (κ2) is 7.40. The minimum atomic E-state index is -0.561. The molecule has 1 amide bonds. The van der Waals surface area contributed by atoms with E-state index in [0.717, 1.165) is 12.8 Å². The largest absolute Gasteiger partial charge is 0.458 e. The van der Waals surface area contributed by atoms with Crippen LogP contribution in [0.2, 0.25) is 0 Å². The van der Waals surface area contributed by atoms with Crippen molar-refractivity contribution >= 4 is 23.2 Å². The Hall–Kier alpha value is -1.47. The van der Waals surface area contributed by atoms with E-state index in [2.05, 4.69) is 4.98 Å². The van der Waals surface area contributed by atoms with Crippen LogP contribution >= 0.6 is 11.3 Å². The van der Waals surface area contributed by atoms with Crippen molar-refractivity contribution in [2.24, 2.45) is 0 Å². The van der Waals surface area contributed by atoms with Gasteiger partial charge in [-0.3, -0.25) is 4.79 Å². The number of rotatable bonds is 4. The molecule has 1 aliphatic heterocycles. The molecule has 23 heavy (non-hydrogen) atoms. The van der Waals surface area contributed by atoms with Gasteiger partial charge in [-0.2, -0.15) is 0 Å². The number of thiazole rings is 1. The Kier molecular flexibility index (Phi) is 5.75. The van der Waals surface area contributed by atoms with Gasteiger partial charge >= 0.3 is 5.97 Å². The van der Waals surface area contributed by atoms with Gasteiger partial charge in [0.05, 0.1) is 17.8 Å². The maximum absolute atomic E-state index is 12.9. The van der Waals surface area contributed by atoms with Crippen LogP contribution in [0.25, 0.3) is 0 Å². The fourth-order valence-corrected chi connectivity index (χ4v) is 3.35. The third kappa shape index (κ3) is 4.51. The lowest BCUT2D eigenvalue weighted by Gasteiger charge is -2.35. The highest BCUT2D eigenvalue weighted by Crippen LogP contribution is 2.25. The maximum atomic E-state index is 12.9. The Morgan fingerprint density at radius 1 is 1.39 bits per heavy atom. The maximum Gasteiger partial charge on any atom is 0.329 e. The fourth-order valence-electron chi connectivity index (χ4n) is 2.60. The van der Waals surface area contributed by atoms with Gasteiger partial charge in [0.15, 0.2) is 0 Å². The van der Waals surface area contributed by atoms with Crippen molar-refractivity contribution in [3.8, 4) is 0 Å². The number of hydrogen-bond donors (Lipinski definition) is 0.